The van der Waals surface area contributed by atoms with Gasteiger partial charge in [0.2, 0.25) is 0 Å². The maximum Gasteiger partial charge on any atom is 0.0687 e. The van der Waals surface area contributed by atoms with Crippen molar-refractivity contribution in [3.63, 3.8) is 0 Å². The highest BCUT2D eigenvalue weighted by molar-refractivity contribution is 5.50. The zero-order valence-corrected chi connectivity index (χ0v) is 24.1. The van der Waals surface area contributed by atoms with Crippen LogP contribution in [0.15, 0.2) is 127 Å². The van der Waals surface area contributed by atoms with Crippen LogP contribution in [0.4, 0.5) is 0 Å². The molecule has 5 rings (SSSR count). The Kier molecular flexibility index (Phi) is 8.63. The van der Waals surface area contributed by atoms with Crippen LogP contribution in [0.25, 0.3) is 0 Å². The molecule has 0 aliphatic rings. The lowest BCUT2D eigenvalue weighted by Gasteiger charge is -2.26. The molecule has 0 aliphatic carbocycles. The number of hydrogen-bond donors (Lipinski definition) is 1. The van der Waals surface area contributed by atoms with E-state index in [0.29, 0.717) is 5.92 Å². The summed E-state index contributed by atoms with van der Waals surface area (Å²) in [6, 6.07) is 45.8. The first-order chi connectivity index (χ1) is 19.5. The van der Waals surface area contributed by atoms with Gasteiger partial charge in [-0.3, -0.25) is 0 Å². The van der Waals surface area contributed by atoms with Crippen molar-refractivity contribution in [2.45, 2.75) is 58.0 Å². The standard InChI is InChI=1S/C39H40O/c1-27(31-14-8-5-9-15-31)34-20-22-35(23-21-34)28(2)36-24-37(29(3)32-16-10-6-11-17-32)39(26-40)38(25-36)30(4)33-18-12-7-13-19-33/h5-25,27-30,40H,26H2,1-4H3. The molecule has 1 nitrogen and oxygen atoms in total. The van der Waals surface area contributed by atoms with Gasteiger partial charge < -0.3 is 5.11 Å². The second kappa shape index (κ2) is 12.5. The number of aliphatic hydroxyl groups excluding tert-OH is 1. The maximum atomic E-state index is 10.7. The Morgan fingerprint density at radius 2 is 0.700 bits per heavy atom. The van der Waals surface area contributed by atoms with Gasteiger partial charge in [0.25, 0.3) is 0 Å². The normalized spacial score (nSPS) is 14.3. The third kappa shape index (κ3) is 5.81. The van der Waals surface area contributed by atoms with Crippen molar-refractivity contribution < 1.29 is 5.11 Å². The lowest BCUT2D eigenvalue weighted by atomic mass is 9.79. The summed E-state index contributed by atoms with van der Waals surface area (Å²) >= 11 is 0. The summed E-state index contributed by atoms with van der Waals surface area (Å²) in [5.74, 6) is 0.918. The number of benzene rings is 5. The molecule has 0 saturated heterocycles. The van der Waals surface area contributed by atoms with Crippen molar-refractivity contribution in [3.05, 3.63) is 177 Å². The Labute approximate surface area is 240 Å². The summed E-state index contributed by atoms with van der Waals surface area (Å²) in [6.07, 6.45) is 0. The second-order valence-electron chi connectivity index (χ2n) is 11.1. The number of hydrogen-bond acceptors (Lipinski definition) is 1. The number of aliphatic hydroxyl groups is 1. The van der Waals surface area contributed by atoms with Crippen molar-refractivity contribution in [1.29, 1.82) is 0 Å². The predicted octanol–water partition coefficient (Wildman–Crippen LogP) is 9.79. The van der Waals surface area contributed by atoms with Crippen molar-refractivity contribution >= 4 is 0 Å². The molecule has 4 atom stereocenters. The van der Waals surface area contributed by atoms with Crippen molar-refractivity contribution in [1.82, 2.24) is 0 Å². The third-order valence-corrected chi connectivity index (χ3v) is 8.77. The lowest BCUT2D eigenvalue weighted by Crippen LogP contribution is -2.11. The zero-order chi connectivity index (χ0) is 28.1. The van der Waals surface area contributed by atoms with Gasteiger partial charge in [0.1, 0.15) is 0 Å². The van der Waals surface area contributed by atoms with E-state index in [-0.39, 0.29) is 24.4 Å². The molecule has 0 radical (unpaired) electrons. The topological polar surface area (TPSA) is 20.2 Å². The molecule has 0 aliphatic heterocycles. The summed E-state index contributed by atoms with van der Waals surface area (Å²) < 4.78 is 0. The molecule has 1 N–H and O–H groups in total. The molecule has 0 amide bonds. The van der Waals surface area contributed by atoms with Crippen LogP contribution in [0, 0.1) is 0 Å². The van der Waals surface area contributed by atoms with E-state index < -0.39 is 0 Å². The molecule has 0 heterocycles. The largest absolute Gasteiger partial charge is 0.392 e. The van der Waals surface area contributed by atoms with E-state index >= 15 is 0 Å². The highest BCUT2D eigenvalue weighted by Gasteiger charge is 2.23. The van der Waals surface area contributed by atoms with Gasteiger partial charge in [-0.2, -0.15) is 0 Å². The Morgan fingerprint density at radius 3 is 1.05 bits per heavy atom. The van der Waals surface area contributed by atoms with Crippen LogP contribution in [-0.4, -0.2) is 5.11 Å². The van der Waals surface area contributed by atoms with Crippen LogP contribution < -0.4 is 0 Å². The fourth-order valence-electron chi connectivity index (χ4n) is 5.99. The Balaban J connectivity index is 1.56. The van der Waals surface area contributed by atoms with Crippen molar-refractivity contribution in [2.75, 3.05) is 0 Å². The van der Waals surface area contributed by atoms with E-state index in [2.05, 4.69) is 155 Å². The van der Waals surface area contributed by atoms with Crippen LogP contribution in [0.5, 0.6) is 0 Å². The zero-order valence-electron chi connectivity index (χ0n) is 24.1. The minimum atomic E-state index is 0.0275. The van der Waals surface area contributed by atoms with Gasteiger partial charge in [0.05, 0.1) is 6.61 Å². The summed E-state index contributed by atoms with van der Waals surface area (Å²) in [4.78, 5) is 0. The molecule has 40 heavy (non-hydrogen) atoms. The molecule has 5 aromatic carbocycles. The van der Waals surface area contributed by atoms with Crippen LogP contribution in [0.3, 0.4) is 0 Å². The van der Waals surface area contributed by atoms with Gasteiger partial charge in [0.15, 0.2) is 0 Å². The summed E-state index contributed by atoms with van der Waals surface area (Å²) in [5, 5.41) is 10.7. The Bertz CT molecular complexity index is 1440. The maximum absolute atomic E-state index is 10.7. The van der Waals surface area contributed by atoms with E-state index in [1.54, 1.807) is 0 Å². The molecular formula is C39H40O. The van der Waals surface area contributed by atoms with Gasteiger partial charge in [-0.15, -0.1) is 0 Å². The van der Waals surface area contributed by atoms with Gasteiger partial charge in [-0.1, -0.05) is 155 Å². The quantitative estimate of drug-likeness (QED) is 0.203. The van der Waals surface area contributed by atoms with Gasteiger partial charge >= 0.3 is 0 Å². The highest BCUT2D eigenvalue weighted by atomic mass is 16.3. The van der Waals surface area contributed by atoms with E-state index in [4.69, 9.17) is 0 Å². The third-order valence-electron chi connectivity index (χ3n) is 8.77. The average molecular weight is 525 g/mol. The smallest absolute Gasteiger partial charge is 0.0687 e. The van der Waals surface area contributed by atoms with Crippen LogP contribution in [-0.2, 0) is 6.61 Å². The van der Waals surface area contributed by atoms with E-state index in [1.807, 2.05) is 0 Å². The summed E-state index contributed by atoms with van der Waals surface area (Å²) in [5.41, 5.74) is 11.3. The Morgan fingerprint density at radius 1 is 0.400 bits per heavy atom. The van der Waals surface area contributed by atoms with Gasteiger partial charge in [-0.05, 0) is 50.1 Å². The first-order valence-corrected chi connectivity index (χ1v) is 14.5. The van der Waals surface area contributed by atoms with E-state index in [0.717, 1.165) is 5.56 Å². The van der Waals surface area contributed by atoms with E-state index in [9.17, 15) is 5.11 Å². The monoisotopic (exact) mass is 524 g/mol. The van der Waals surface area contributed by atoms with Gasteiger partial charge in [-0.25, -0.2) is 0 Å². The average Bonchev–Trinajstić information content (AvgIpc) is 3.04. The highest BCUT2D eigenvalue weighted by Crippen LogP contribution is 2.38. The molecule has 0 fully saturated rings. The second-order valence-corrected chi connectivity index (χ2v) is 11.1. The van der Waals surface area contributed by atoms with Crippen LogP contribution in [0.1, 0.15) is 101 Å². The molecule has 0 aromatic heterocycles. The molecule has 0 spiro atoms. The van der Waals surface area contributed by atoms with Crippen LogP contribution in [0.2, 0.25) is 0 Å². The first kappa shape index (κ1) is 27.6. The number of rotatable bonds is 9. The molecule has 0 bridgehead atoms. The predicted molar refractivity (Wildman–Crippen MR) is 168 cm³/mol. The minimum absolute atomic E-state index is 0.0275. The molecular weight excluding hydrogens is 484 g/mol. The molecule has 1 heteroatoms. The molecule has 4 unspecified atom stereocenters. The van der Waals surface area contributed by atoms with Gasteiger partial charge in [0, 0.05) is 23.7 Å². The molecule has 202 valence electrons. The first-order valence-electron chi connectivity index (χ1n) is 14.5. The van der Waals surface area contributed by atoms with Crippen molar-refractivity contribution in [2.24, 2.45) is 0 Å². The fraction of sp³-hybridized carbons (Fsp3) is 0.231. The molecule has 5 aromatic rings. The fourth-order valence-corrected chi connectivity index (χ4v) is 5.99. The van der Waals surface area contributed by atoms with Crippen molar-refractivity contribution in [3.8, 4) is 0 Å². The minimum Gasteiger partial charge on any atom is -0.392 e. The lowest BCUT2D eigenvalue weighted by molar-refractivity contribution is 0.278. The SMILES string of the molecule is CC(c1ccccc1)c1ccc(C(C)c2cc(C(C)c3ccccc3)c(CO)c(C(C)c3ccccc3)c2)cc1. The summed E-state index contributed by atoms with van der Waals surface area (Å²) in [7, 11) is 0. The molecule has 0 saturated carbocycles. The Hall–Kier alpha value is -3.94. The summed E-state index contributed by atoms with van der Waals surface area (Å²) in [6.45, 7) is 9.12. The van der Waals surface area contributed by atoms with Crippen LogP contribution >= 0.6 is 0 Å². The van der Waals surface area contributed by atoms with E-state index in [1.165, 1.54) is 44.5 Å².